The molecule has 4 rings (SSSR count). The van der Waals surface area contributed by atoms with Gasteiger partial charge in [0.15, 0.2) is 11.6 Å². The first-order chi connectivity index (χ1) is 15.3. The molecule has 1 amide bonds. The van der Waals surface area contributed by atoms with E-state index in [0.717, 1.165) is 12.1 Å². The topological polar surface area (TPSA) is 71.0 Å². The van der Waals surface area contributed by atoms with E-state index in [1.54, 1.807) is 6.08 Å². The number of carbonyl (C=O) groups excluding carboxylic acids is 2. The first-order valence-corrected chi connectivity index (χ1v) is 10.4. The Morgan fingerprint density at radius 1 is 1.12 bits per heavy atom. The average Bonchev–Trinajstić information content (AvgIpc) is 2.74. The van der Waals surface area contributed by atoms with Crippen molar-refractivity contribution in [3.05, 3.63) is 52.3 Å². The number of halogens is 4. The Kier molecular flexibility index (Phi) is 6.13. The number of hydrogen-bond donors (Lipinski definition) is 1. The SMILES string of the molecule is O=C=NC1(COc2ccc(F)c3c2CCC(=O)N3)CCN(c2c(F)cc(Cl)cc2F)CC1. The van der Waals surface area contributed by atoms with Gasteiger partial charge in [-0.25, -0.2) is 18.0 Å². The average molecular weight is 466 g/mol. The minimum atomic E-state index is -0.948. The number of isocyanates is 1. The third-order valence-electron chi connectivity index (χ3n) is 5.86. The molecule has 0 bridgehead atoms. The van der Waals surface area contributed by atoms with Gasteiger partial charge in [0.25, 0.3) is 0 Å². The molecule has 1 saturated heterocycles. The van der Waals surface area contributed by atoms with Crippen LogP contribution >= 0.6 is 11.6 Å². The summed E-state index contributed by atoms with van der Waals surface area (Å²) >= 11 is 5.70. The minimum Gasteiger partial charge on any atom is -0.491 e. The monoisotopic (exact) mass is 465 g/mol. The van der Waals surface area contributed by atoms with Crippen LogP contribution in [0.4, 0.5) is 24.5 Å². The van der Waals surface area contributed by atoms with Gasteiger partial charge in [0.05, 0.1) is 5.69 Å². The second-order valence-corrected chi connectivity index (χ2v) is 8.30. The maximum atomic E-state index is 14.3. The highest BCUT2D eigenvalue weighted by Gasteiger charge is 2.37. The zero-order valence-electron chi connectivity index (χ0n) is 16.9. The Hall–Kier alpha value is -3.03. The number of nitrogens with zero attached hydrogens (tertiary/aromatic N) is 2. The highest BCUT2D eigenvalue weighted by atomic mass is 35.5. The quantitative estimate of drug-likeness (QED) is 0.525. The van der Waals surface area contributed by atoms with Gasteiger partial charge in [-0.05, 0) is 43.5 Å². The van der Waals surface area contributed by atoms with Crippen molar-refractivity contribution in [2.45, 2.75) is 31.2 Å². The number of benzene rings is 2. The van der Waals surface area contributed by atoms with E-state index >= 15 is 0 Å². The molecule has 2 aliphatic heterocycles. The molecule has 2 aliphatic rings. The predicted octanol–water partition coefficient (Wildman–Crippen LogP) is 4.40. The Labute approximate surface area is 187 Å². The zero-order valence-corrected chi connectivity index (χ0v) is 17.6. The molecular formula is C22H19ClF3N3O3. The molecule has 0 aliphatic carbocycles. The molecule has 0 atom stereocenters. The summed E-state index contributed by atoms with van der Waals surface area (Å²) in [6, 6.07) is 4.76. The lowest BCUT2D eigenvalue weighted by molar-refractivity contribution is -0.116. The van der Waals surface area contributed by atoms with E-state index in [2.05, 4.69) is 10.3 Å². The second kappa shape index (κ2) is 8.84. The first kappa shape index (κ1) is 22.2. The lowest BCUT2D eigenvalue weighted by Gasteiger charge is -2.39. The molecule has 0 radical (unpaired) electrons. The smallest absolute Gasteiger partial charge is 0.235 e. The summed E-state index contributed by atoms with van der Waals surface area (Å²) in [6.45, 7) is 0.441. The number of rotatable bonds is 5. The fourth-order valence-electron chi connectivity index (χ4n) is 4.14. The van der Waals surface area contributed by atoms with Crippen LogP contribution in [-0.4, -0.2) is 37.2 Å². The first-order valence-electron chi connectivity index (χ1n) is 10.0. The molecule has 6 nitrogen and oxygen atoms in total. The number of piperidine rings is 1. The van der Waals surface area contributed by atoms with Gasteiger partial charge in [-0.15, -0.1) is 0 Å². The molecule has 2 aromatic carbocycles. The summed E-state index contributed by atoms with van der Waals surface area (Å²) in [5, 5.41) is 2.48. The van der Waals surface area contributed by atoms with E-state index in [4.69, 9.17) is 16.3 Å². The van der Waals surface area contributed by atoms with Gasteiger partial charge in [0, 0.05) is 30.1 Å². The molecule has 168 valence electrons. The molecule has 0 aromatic heterocycles. The number of fused-ring (bicyclic) bond motifs is 1. The van der Waals surface area contributed by atoms with Crippen LogP contribution < -0.4 is 15.0 Å². The lowest BCUT2D eigenvalue weighted by atomic mass is 9.88. The number of anilines is 2. The third-order valence-corrected chi connectivity index (χ3v) is 6.07. The van der Waals surface area contributed by atoms with E-state index in [0.29, 0.717) is 17.7 Å². The Morgan fingerprint density at radius 2 is 1.81 bits per heavy atom. The molecular weight excluding hydrogens is 447 g/mol. The van der Waals surface area contributed by atoms with E-state index in [-0.39, 0.29) is 61.3 Å². The maximum Gasteiger partial charge on any atom is 0.235 e. The van der Waals surface area contributed by atoms with Crippen LogP contribution in [0.2, 0.25) is 5.02 Å². The van der Waals surface area contributed by atoms with Crippen LogP contribution in [0, 0.1) is 17.5 Å². The minimum absolute atomic E-state index is 0.00627. The molecule has 32 heavy (non-hydrogen) atoms. The molecule has 0 unspecified atom stereocenters. The van der Waals surface area contributed by atoms with E-state index in [1.165, 1.54) is 17.0 Å². The van der Waals surface area contributed by atoms with Crippen molar-refractivity contribution < 1.29 is 27.5 Å². The van der Waals surface area contributed by atoms with Gasteiger partial charge in [-0.1, -0.05) is 11.6 Å². The molecule has 2 aromatic rings. The normalized spacial score (nSPS) is 17.2. The number of ether oxygens (including phenoxy) is 1. The van der Waals surface area contributed by atoms with Crippen molar-refractivity contribution in [2.75, 3.05) is 29.9 Å². The summed E-state index contributed by atoms with van der Waals surface area (Å²) in [4.78, 5) is 28.2. The van der Waals surface area contributed by atoms with Crippen LogP contribution in [-0.2, 0) is 16.0 Å². The Morgan fingerprint density at radius 3 is 2.47 bits per heavy atom. The van der Waals surface area contributed by atoms with Crippen molar-refractivity contribution in [3.8, 4) is 5.75 Å². The number of hydrogen-bond acceptors (Lipinski definition) is 5. The van der Waals surface area contributed by atoms with Crippen molar-refractivity contribution in [3.63, 3.8) is 0 Å². The molecule has 0 saturated carbocycles. The van der Waals surface area contributed by atoms with Gasteiger partial charge in [0.2, 0.25) is 12.0 Å². The largest absolute Gasteiger partial charge is 0.491 e. The summed E-state index contributed by atoms with van der Waals surface area (Å²) in [5.41, 5.74) is -0.494. The molecule has 1 fully saturated rings. The number of carbonyl (C=O) groups is 1. The highest BCUT2D eigenvalue weighted by molar-refractivity contribution is 6.30. The van der Waals surface area contributed by atoms with E-state index in [1.807, 2.05) is 0 Å². The molecule has 2 heterocycles. The van der Waals surface area contributed by atoms with Gasteiger partial charge < -0.3 is 15.0 Å². The maximum absolute atomic E-state index is 14.3. The summed E-state index contributed by atoms with van der Waals surface area (Å²) in [5.74, 6) is -1.97. The second-order valence-electron chi connectivity index (χ2n) is 7.87. The van der Waals surface area contributed by atoms with Gasteiger partial charge in [-0.3, -0.25) is 4.79 Å². The number of amides is 1. The summed E-state index contributed by atoms with van der Waals surface area (Å²) in [7, 11) is 0. The lowest BCUT2D eigenvalue weighted by Crippen LogP contribution is -2.47. The van der Waals surface area contributed by atoms with Crippen LogP contribution in [0.3, 0.4) is 0 Å². The summed E-state index contributed by atoms with van der Waals surface area (Å²) < 4.78 is 48.6. The van der Waals surface area contributed by atoms with Crippen molar-refractivity contribution in [1.82, 2.24) is 0 Å². The predicted molar refractivity (Wildman–Crippen MR) is 113 cm³/mol. The van der Waals surface area contributed by atoms with E-state index < -0.39 is 23.0 Å². The van der Waals surface area contributed by atoms with Gasteiger partial charge in [-0.2, -0.15) is 4.99 Å². The van der Waals surface area contributed by atoms with Crippen molar-refractivity contribution in [1.29, 1.82) is 0 Å². The fourth-order valence-corrected chi connectivity index (χ4v) is 4.33. The third kappa shape index (κ3) is 4.31. The number of nitrogens with one attached hydrogen (secondary N) is 1. The number of aliphatic imine (C=N–C) groups is 1. The van der Waals surface area contributed by atoms with Crippen molar-refractivity contribution >= 4 is 35.0 Å². The molecule has 0 spiro atoms. The van der Waals surface area contributed by atoms with Crippen LogP contribution in [0.15, 0.2) is 29.3 Å². The molecule has 10 heteroatoms. The summed E-state index contributed by atoms with van der Waals surface area (Å²) in [6.07, 6.45) is 2.66. The van der Waals surface area contributed by atoms with Crippen LogP contribution in [0.5, 0.6) is 5.75 Å². The van der Waals surface area contributed by atoms with E-state index in [9.17, 15) is 22.8 Å². The fraction of sp³-hybridized carbons (Fsp3) is 0.364. The highest BCUT2D eigenvalue weighted by Crippen LogP contribution is 2.37. The standard InChI is InChI=1S/C22H19ClF3N3O3/c23-13-9-16(25)21(17(26)10-13)29-7-5-22(6-8-29,27-12-30)11-32-18-3-2-15(24)20-14(18)1-4-19(31)28-20/h2-3,9-10H,1,4-8,11H2,(H,28,31). The Balaban J connectivity index is 1.51. The van der Waals surface area contributed by atoms with Crippen molar-refractivity contribution in [2.24, 2.45) is 4.99 Å². The van der Waals surface area contributed by atoms with Gasteiger partial charge >= 0.3 is 0 Å². The Bertz CT molecular complexity index is 1090. The van der Waals surface area contributed by atoms with Crippen LogP contribution in [0.25, 0.3) is 0 Å². The van der Waals surface area contributed by atoms with Gasteiger partial charge in [0.1, 0.15) is 29.4 Å². The zero-order chi connectivity index (χ0) is 22.9. The molecule has 1 N–H and O–H groups in total. The van der Waals surface area contributed by atoms with Crippen LogP contribution in [0.1, 0.15) is 24.8 Å².